The standard InChI is InChI=1S/C11H20O4/c1-11(2,3)15-10(13)9-14-8-6-4-5-7-12/h7H,4-6,8-9H2,1-3H3. The SMILES string of the molecule is CC(C)(C)OC(=O)COCCCCC=O. The maximum atomic E-state index is 11.1. The number of esters is 1. The van der Waals surface area contributed by atoms with E-state index in [0.29, 0.717) is 13.0 Å². The van der Waals surface area contributed by atoms with Crippen LogP contribution in [0.15, 0.2) is 0 Å². The molecule has 0 N–H and O–H groups in total. The van der Waals surface area contributed by atoms with Crippen molar-refractivity contribution in [2.75, 3.05) is 13.2 Å². The van der Waals surface area contributed by atoms with Crippen LogP contribution < -0.4 is 0 Å². The van der Waals surface area contributed by atoms with E-state index in [0.717, 1.165) is 19.1 Å². The Bertz CT molecular complexity index is 193. The molecule has 88 valence electrons. The van der Waals surface area contributed by atoms with Crippen molar-refractivity contribution >= 4 is 12.3 Å². The molecule has 0 atom stereocenters. The maximum absolute atomic E-state index is 11.1. The van der Waals surface area contributed by atoms with E-state index in [1.54, 1.807) is 0 Å². The zero-order chi connectivity index (χ0) is 11.7. The third kappa shape index (κ3) is 11.0. The summed E-state index contributed by atoms with van der Waals surface area (Å²) in [6.45, 7) is 5.92. The molecule has 4 nitrogen and oxygen atoms in total. The van der Waals surface area contributed by atoms with Gasteiger partial charge in [-0.05, 0) is 33.6 Å². The second-order valence-electron chi connectivity index (χ2n) is 4.30. The molecule has 0 bridgehead atoms. The third-order valence-electron chi connectivity index (χ3n) is 1.50. The first-order valence-electron chi connectivity index (χ1n) is 5.19. The number of unbranched alkanes of at least 4 members (excludes halogenated alkanes) is 2. The summed E-state index contributed by atoms with van der Waals surface area (Å²) < 4.78 is 10.1. The molecule has 0 aromatic carbocycles. The minimum Gasteiger partial charge on any atom is -0.458 e. The van der Waals surface area contributed by atoms with Gasteiger partial charge in [0.25, 0.3) is 0 Å². The fraction of sp³-hybridized carbons (Fsp3) is 0.818. The van der Waals surface area contributed by atoms with Gasteiger partial charge in [0.1, 0.15) is 18.5 Å². The van der Waals surface area contributed by atoms with Crippen molar-refractivity contribution in [3.8, 4) is 0 Å². The molecule has 0 aromatic rings. The largest absolute Gasteiger partial charge is 0.458 e. The van der Waals surface area contributed by atoms with Crippen LogP contribution in [0.1, 0.15) is 40.0 Å². The van der Waals surface area contributed by atoms with Gasteiger partial charge in [-0.25, -0.2) is 4.79 Å². The van der Waals surface area contributed by atoms with Crippen LogP contribution in [0.25, 0.3) is 0 Å². The van der Waals surface area contributed by atoms with E-state index in [4.69, 9.17) is 9.47 Å². The zero-order valence-corrected chi connectivity index (χ0v) is 9.75. The van der Waals surface area contributed by atoms with Gasteiger partial charge in [0.15, 0.2) is 0 Å². The van der Waals surface area contributed by atoms with E-state index in [-0.39, 0.29) is 12.6 Å². The number of aldehydes is 1. The lowest BCUT2D eigenvalue weighted by molar-refractivity contribution is -0.160. The predicted molar refractivity (Wildman–Crippen MR) is 56.6 cm³/mol. The second kappa shape index (κ2) is 7.40. The first-order valence-corrected chi connectivity index (χ1v) is 5.19. The van der Waals surface area contributed by atoms with Gasteiger partial charge in [-0.2, -0.15) is 0 Å². The van der Waals surface area contributed by atoms with Crippen LogP contribution in [0.3, 0.4) is 0 Å². The highest BCUT2D eigenvalue weighted by atomic mass is 16.6. The van der Waals surface area contributed by atoms with Crippen molar-refractivity contribution < 1.29 is 19.1 Å². The first-order chi connectivity index (χ1) is 6.95. The number of rotatable bonds is 7. The molecule has 0 saturated carbocycles. The summed E-state index contributed by atoms with van der Waals surface area (Å²) in [5.41, 5.74) is -0.460. The van der Waals surface area contributed by atoms with Gasteiger partial charge in [-0.1, -0.05) is 0 Å². The lowest BCUT2D eigenvalue weighted by Gasteiger charge is -2.19. The molecule has 0 aliphatic carbocycles. The van der Waals surface area contributed by atoms with Gasteiger partial charge in [0, 0.05) is 13.0 Å². The second-order valence-corrected chi connectivity index (χ2v) is 4.30. The van der Waals surface area contributed by atoms with Gasteiger partial charge < -0.3 is 14.3 Å². The molecule has 0 fully saturated rings. The summed E-state index contributed by atoms with van der Waals surface area (Å²) >= 11 is 0. The van der Waals surface area contributed by atoms with E-state index in [1.807, 2.05) is 20.8 Å². The molecular formula is C11H20O4. The smallest absolute Gasteiger partial charge is 0.332 e. The van der Waals surface area contributed by atoms with E-state index >= 15 is 0 Å². The summed E-state index contributed by atoms with van der Waals surface area (Å²) in [6.07, 6.45) is 3.03. The van der Waals surface area contributed by atoms with Crippen LogP contribution in [-0.2, 0) is 19.1 Å². The third-order valence-corrected chi connectivity index (χ3v) is 1.50. The average Bonchev–Trinajstić information content (AvgIpc) is 2.08. The molecule has 0 radical (unpaired) electrons. The number of carbonyl (C=O) groups excluding carboxylic acids is 2. The van der Waals surface area contributed by atoms with Gasteiger partial charge in [0.05, 0.1) is 0 Å². The quantitative estimate of drug-likeness (QED) is 0.369. The summed E-state index contributed by atoms with van der Waals surface area (Å²) in [5.74, 6) is -0.349. The van der Waals surface area contributed by atoms with E-state index < -0.39 is 5.60 Å². The Morgan fingerprint density at radius 2 is 1.93 bits per heavy atom. The lowest BCUT2D eigenvalue weighted by atomic mass is 10.2. The number of ether oxygens (including phenoxy) is 2. The van der Waals surface area contributed by atoms with Crippen molar-refractivity contribution in [2.45, 2.75) is 45.6 Å². The molecule has 0 aromatic heterocycles. The van der Waals surface area contributed by atoms with Gasteiger partial charge >= 0.3 is 5.97 Å². The Balaban J connectivity index is 3.36. The van der Waals surface area contributed by atoms with Crippen LogP contribution in [0, 0.1) is 0 Å². The van der Waals surface area contributed by atoms with E-state index in [1.165, 1.54) is 0 Å². The van der Waals surface area contributed by atoms with Gasteiger partial charge in [-0.15, -0.1) is 0 Å². The molecule has 0 aliphatic rings. The Morgan fingerprint density at radius 3 is 2.47 bits per heavy atom. The van der Waals surface area contributed by atoms with Crippen molar-refractivity contribution in [3.63, 3.8) is 0 Å². The maximum Gasteiger partial charge on any atom is 0.332 e. The van der Waals surface area contributed by atoms with Crippen LogP contribution >= 0.6 is 0 Å². The monoisotopic (exact) mass is 216 g/mol. The molecule has 15 heavy (non-hydrogen) atoms. The molecular weight excluding hydrogens is 196 g/mol. The summed E-state index contributed by atoms with van der Waals surface area (Å²) in [4.78, 5) is 21.1. The molecule has 4 heteroatoms. The first kappa shape index (κ1) is 14.1. The Hall–Kier alpha value is -0.900. The number of carbonyl (C=O) groups is 2. The highest BCUT2D eigenvalue weighted by Crippen LogP contribution is 2.06. The number of hydrogen-bond donors (Lipinski definition) is 0. The molecule has 0 rings (SSSR count). The van der Waals surface area contributed by atoms with Gasteiger partial charge in [0.2, 0.25) is 0 Å². The predicted octanol–water partition coefficient (Wildman–Crippen LogP) is 1.71. The fourth-order valence-corrected chi connectivity index (χ4v) is 0.958. The molecule has 0 saturated heterocycles. The molecule has 0 amide bonds. The van der Waals surface area contributed by atoms with Crippen LogP contribution in [-0.4, -0.2) is 31.1 Å². The highest BCUT2D eigenvalue weighted by Gasteiger charge is 2.15. The zero-order valence-electron chi connectivity index (χ0n) is 9.75. The molecule has 0 aliphatic heterocycles. The normalized spacial score (nSPS) is 11.1. The summed E-state index contributed by atoms with van der Waals surface area (Å²) in [5, 5.41) is 0. The van der Waals surface area contributed by atoms with Crippen LogP contribution in [0.2, 0.25) is 0 Å². The van der Waals surface area contributed by atoms with Crippen LogP contribution in [0.5, 0.6) is 0 Å². The van der Waals surface area contributed by atoms with Crippen molar-refractivity contribution in [3.05, 3.63) is 0 Å². The summed E-state index contributed by atoms with van der Waals surface area (Å²) in [7, 11) is 0. The Morgan fingerprint density at radius 1 is 1.27 bits per heavy atom. The fourth-order valence-electron chi connectivity index (χ4n) is 0.958. The lowest BCUT2D eigenvalue weighted by Crippen LogP contribution is -2.26. The summed E-state index contributed by atoms with van der Waals surface area (Å²) in [6, 6.07) is 0. The highest BCUT2D eigenvalue weighted by molar-refractivity contribution is 5.71. The number of hydrogen-bond acceptors (Lipinski definition) is 4. The average molecular weight is 216 g/mol. The van der Waals surface area contributed by atoms with Crippen molar-refractivity contribution in [1.82, 2.24) is 0 Å². The van der Waals surface area contributed by atoms with Gasteiger partial charge in [-0.3, -0.25) is 0 Å². The minimum atomic E-state index is -0.460. The molecule has 0 spiro atoms. The topological polar surface area (TPSA) is 52.6 Å². The Labute approximate surface area is 90.9 Å². The van der Waals surface area contributed by atoms with E-state index in [9.17, 15) is 9.59 Å². The molecule has 0 heterocycles. The van der Waals surface area contributed by atoms with E-state index in [2.05, 4.69) is 0 Å². The molecule has 0 unspecified atom stereocenters. The Kier molecular flexibility index (Phi) is 6.96. The minimum absolute atomic E-state index is 0.0155. The van der Waals surface area contributed by atoms with Crippen molar-refractivity contribution in [2.24, 2.45) is 0 Å². The van der Waals surface area contributed by atoms with Crippen LogP contribution in [0.4, 0.5) is 0 Å². The van der Waals surface area contributed by atoms with Crippen molar-refractivity contribution in [1.29, 1.82) is 0 Å².